The Morgan fingerprint density at radius 3 is 2.48 bits per heavy atom. The first-order valence-corrected chi connectivity index (χ1v) is 10.3. The van der Waals surface area contributed by atoms with Crippen LogP contribution in [0.5, 0.6) is 0 Å². The molecule has 0 aliphatic heterocycles. The minimum absolute atomic E-state index is 0.000894. The van der Waals surface area contributed by atoms with Crippen LogP contribution in [0.3, 0.4) is 0 Å². The molecule has 0 fully saturated rings. The highest BCUT2D eigenvalue weighted by Gasteiger charge is 2.30. The minimum atomic E-state index is -4.53. The fourth-order valence-corrected chi connectivity index (χ4v) is 3.98. The van der Waals surface area contributed by atoms with Gasteiger partial charge in [-0.1, -0.05) is 12.1 Å². The summed E-state index contributed by atoms with van der Waals surface area (Å²) in [5.41, 5.74) is 6.99. The molecule has 2 amide bonds. The molecule has 2 heterocycles. The minimum Gasteiger partial charge on any atom is -0.396 e. The highest BCUT2D eigenvalue weighted by atomic mass is 32.1. The van der Waals surface area contributed by atoms with Gasteiger partial charge in [-0.25, -0.2) is 9.97 Å². The summed E-state index contributed by atoms with van der Waals surface area (Å²) in [4.78, 5) is 34.5. The van der Waals surface area contributed by atoms with Gasteiger partial charge < -0.3 is 16.4 Å². The molecule has 33 heavy (non-hydrogen) atoms. The highest BCUT2D eigenvalue weighted by molar-refractivity contribution is 7.21. The Balaban J connectivity index is 1.56. The summed E-state index contributed by atoms with van der Waals surface area (Å²) in [6.07, 6.45) is -1.55. The largest absolute Gasteiger partial charge is 0.416 e. The van der Waals surface area contributed by atoms with Gasteiger partial charge in [-0.15, -0.1) is 11.3 Å². The number of nitrogens with two attached hydrogens (primary N) is 1. The molecule has 0 atom stereocenters. The Morgan fingerprint density at radius 2 is 1.76 bits per heavy atom. The van der Waals surface area contributed by atoms with E-state index in [1.54, 1.807) is 13.0 Å². The summed E-state index contributed by atoms with van der Waals surface area (Å²) in [5.74, 6) is -1.12. The molecule has 0 saturated carbocycles. The van der Waals surface area contributed by atoms with Crippen LogP contribution < -0.4 is 16.4 Å². The molecule has 0 radical (unpaired) electrons. The van der Waals surface area contributed by atoms with Crippen LogP contribution in [0.2, 0.25) is 0 Å². The van der Waals surface area contributed by atoms with Crippen LogP contribution in [0.1, 0.15) is 31.2 Å². The van der Waals surface area contributed by atoms with Gasteiger partial charge in [-0.3, -0.25) is 9.59 Å². The monoisotopic (exact) mass is 471 g/mol. The molecule has 0 spiro atoms. The lowest BCUT2D eigenvalue weighted by Gasteiger charge is -2.12. The summed E-state index contributed by atoms with van der Waals surface area (Å²) in [6.45, 7) is 1.74. The van der Waals surface area contributed by atoms with Gasteiger partial charge in [0.2, 0.25) is 0 Å². The van der Waals surface area contributed by atoms with Gasteiger partial charge >= 0.3 is 6.18 Å². The number of hydrogen-bond donors (Lipinski definition) is 3. The second kappa shape index (κ2) is 8.51. The van der Waals surface area contributed by atoms with Crippen LogP contribution in [0.4, 0.5) is 30.2 Å². The summed E-state index contributed by atoms with van der Waals surface area (Å²) >= 11 is 1.09. The zero-order valence-electron chi connectivity index (χ0n) is 17.0. The van der Waals surface area contributed by atoms with E-state index in [4.69, 9.17) is 5.73 Å². The maximum Gasteiger partial charge on any atom is 0.416 e. The molecule has 0 bridgehead atoms. The Bertz CT molecular complexity index is 1380. The first-order chi connectivity index (χ1) is 15.6. The lowest BCUT2D eigenvalue weighted by atomic mass is 10.1. The van der Waals surface area contributed by atoms with Crippen molar-refractivity contribution in [2.45, 2.75) is 13.1 Å². The van der Waals surface area contributed by atoms with E-state index in [0.717, 1.165) is 23.5 Å². The van der Waals surface area contributed by atoms with Crippen LogP contribution in [0.15, 0.2) is 54.9 Å². The van der Waals surface area contributed by atoms with Crippen LogP contribution in [-0.2, 0) is 6.18 Å². The number of fused-ring (bicyclic) bond motifs is 1. The highest BCUT2D eigenvalue weighted by Crippen LogP contribution is 2.32. The van der Waals surface area contributed by atoms with Gasteiger partial charge in [0.15, 0.2) is 0 Å². The number of aryl methyl sites for hydroxylation is 1. The molecular formula is C22H16F3N5O2S. The molecule has 7 nitrogen and oxygen atoms in total. The molecule has 4 N–H and O–H groups in total. The van der Waals surface area contributed by atoms with E-state index in [2.05, 4.69) is 20.6 Å². The molecule has 0 aliphatic rings. The number of halogens is 3. The van der Waals surface area contributed by atoms with Crippen molar-refractivity contribution >= 4 is 50.6 Å². The fraction of sp³-hybridized carbons (Fsp3) is 0.0909. The number of benzene rings is 2. The van der Waals surface area contributed by atoms with Crippen molar-refractivity contribution in [2.75, 3.05) is 16.4 Å². The smallest absolute Gasteiger partial charge is 0.396 e. The van der Waals surface area contributed by atoms with Gasteiger partial charge in [0.1, 0.15) is 15.2 Å². The fourth-order valence-electron chi connectivity index (χ4n) is 3.07. The van der Waals surface area contributed by atoms with Crippen molar-refractivity contribution in [1.82, 2.24) is 9.97 Å². The number of nitrogens with one attached hydrogen (secondary N) is 2. The Kier molecular flexibility index (Phi) is 5.73. The maximum absolute atomic E-state index is 12.9. The zero-order valence-corrected chi connectivity index (χ0v) is 17.8. The molecule has 168 valence electrons. The van der Waals surface area contributed by atoms with E-state index < -0.39 is 23.6 Å². The number of hydrogen-bond acceptors (Lipinski definition) is 6. The van der Waals surface area contributed by atoms with Crippen molar-refractivity contribution in [3.8, 4) is 0 Å². The van der Waals surface area contributed by atoms with E-state index in [1.807, 2.05) is 0 Å². The van der Waals surface area contributed by atoms with E-state index >= 15 is 0 Å². The van der Waals surface area contributed by atoms with E-state index in [0.29, 0.717) is 21.6 Å². The number of nitrogens with zero attached hydrogens (tertiary/aromatic N) is 2. The Hall–Kier alpha value is -3.99. The third-order valence-electron chi connectivity index (χ3n) is 4.77. The number of rotatable bonds is 4. The van der Waals surface area contributed by atoms with Crippen molar-refractivity contribution in [3.05, 3.63) is 76.4 Å². The standard InChI is InChI=1S/C22H16F3N5O2S/c1-11-5-6-12(19(31)29-14-4-2-3-13(10-14)22(23,24)25)9-15(11)30-20(32)18-16(26)17-21(33-18)28-8-7-27-17/h2-10H,26H2,1H3,(H,29,31)(H,30,32). The third-order valence-corrected chi connectivity index (χ3v) is 5.87. The maximum atomic E-state index is 12.9. The van der Waals surface area contributed by atoms with Crippen molar-refractivity contribution in [1.29, 1.82) is 0 Å². The molecule has 4 rings (SSSR count). The molecule has 2 aromatic carbocycles. The number of thiophene rings is 1. The van der Waals surface area contributed by atoms with Crippen molar-refractivity contribution in [2.24, 2.45) is 0 Å². The molecule has 4 aromatic rings. The predicted octanol–water partition coefficient (Wildman–Crippen LogP) is 5.11. The molecule has 0 unspecified atom stereocenters. The second-order valence-corrected chi connectivity index (χ2v) is 8.07. The van der Waals surface area contributed by atoms with Crippen molar-refractivity contribution in [3.63, 3.8) is 0 Å². The van der Waals surface area contributed by atoms with Gasteiger partial charge in [0.25, 0.3) is 11.8 Å². The molecule has 0 aliphatic carbocycles. The van der Waals surface area contributed by atoms with Gasteiger partial charge in [-0.2, -0.15) is 13.2 Å². The van der Waals surface area contributed by atoms with E-state index in [1.165, 1.54) is 36.7 Å². The lowest BCUT2D eigenvalue weighted by Crippen LogP contribution is -2.16. The van der Waals surface area contributed by atoms with Crippen LogP contribution in [0, 0.1) is 6.92 Å². The average molecular weight is 471 g/mol. The second-order valence-electron chi connectivity index (χ2n) is 7.07. The summed E-state index contributed by atoms with van der Waals surface area (Å²) in [7, 11) is 0. The number of aromatic nitrogens is 2. The van der Waals surface area contributed by atoms with Crippen LogP contribution in [0.25, 0.3) is 10.3 Å². The Morgan fingerprint density at radius 1 is 1.00 bits per heavy atom. The Labute approximate surface area is 189 Å². The quantitative estimate of drug-likeness (QED) is 0.383. The normalized spacial score (nSPS) is 11.4. The number of amides is 2. The van der Waals surface area contributed by atoms with Gasteiger partial charge in [0, 0.05) is 29.3 Å². The van der Waals surface area contributed by atoms with E-state index in [9.17, 15) is 22.8 Å². The number of carbonyl (C=O) groups excluding carboxylic acids is 2. The topological polar surface area (TPSA) is 110 Å². The number of nitrogen functional groups attached to an aromatic ring is 1. The van der Waals surface area contributed by atoms with E-state index in [-0.39, 0.29) is 21.8 Å². The first kappa shape index (κ1) is 22.2. The summed E-state index contributed by atoms with van der Waals surface area (Å²) in [5, 5.41) is 5.17. The SMILES string of the molecule is Cc1ccc(C(=O)Nc2cccc(C(F)(F)F)c2)cc1NC(=O)c1sc2nccnc2c1N. The first-order valence-electron chi connectivity index (χ1n) is 9.53. The molecule has 2 aromatic heterocycles. The summed E-state index contributed by atoms with van der Waals surface area (Å²) < 4.78 is 38.7. The van der Waals surface area contributed by atoms with Crippen LogP contribution in [-0.4, -0.2) is 21.8 Å². The molecule has 11 heteroatoms. The van der Waals surface area contributed by atoms with Gasteiger partial charge in [-0.05, 0) is 42.8 Å². The van der Waals surface area contributed by atoms with Crippen molar-refractivity contribution < 1.29 is 22.8 Å². The average Bonchev–Trinajstić information content (AvgIpc) is 3.11. The predicted molar refractivity (Wildman–Crippen MR) is 120 cm³/mol. The summed E-state index contributed by atoms with van der Waals surface area (Å²) in [6, 6.07) is 8.90. The molecular weight excluding hydrogens is 455 g/mol. The lowest BCUT2D eigenvalue weighted by molar-refractivity contribution is -0.137. The van der Waals surface area contributed by atoms with Crippen LogP contribution >= 0.6 is 11.3 Å². The third kappa shape index (κ3) is 4.62. The number of alkyl halides is 3. The zero-order chi connectivity index (χ0) is 23.8. The van der Waals surface area contributed by atoms with Gasteiger partial charge in [0.05, 0.1) is 11.3 Å². The molecule has 0 saturated heterocycles. The number of anilines is 3. The number of carbonyl (C=O) groups is 2.